The summed E-state index contributed by atoms with van der Waals surface area (Å²) in [6, 6.07) is 10.1. The van der Waals surface area contributed by atoms with E-state index in [0.29, 0.717) is 12.5 Å². The number of nitrogens with two attached hydrogens (primary N) is 1. The number of fused-ring (bicyclic) bond motifs is 1. The van der Waals surface area contributed by atoms with Gasteiger partial charge in [-0.1, -0.05) is 30.3 Å². The second-order valence-corrected chi connectivity index (χ2v) is 6.10. The van der Waals surface area contributed by atoms with Crippen LogP contribution in [-0.2, 0) is 7.05 Å². The predicted octanol–water partition coefficient (Wildman–Crippen LogP) is 2.30. The van der Waals surface area contributed by atoms with Gasteiger partial charge in [0.15, 0.2) is 5.65 Å². The second-order valence-electron chi connectivity index (χ2n) is 6.10. The lowest BCUT2D eigenvalue weighted by molar-refractivity contribution is 0.755. The van der Waals surface area contributed by atoms with Crippen molar-refractivity contribution in [2.45, 2.75) is 25.9 Å². The van der Waals surface area contributed by atoms with E-state index in [1.807, 2.05) is 37.4 Å². The molecule has 3 rings (SSSR count). The Morgan fingerprint density at radius 2 is 1.92 bits per heavy atom. The van der Waals surface area contributed by atoms with Crippen molar-refractivity contribution in [3.63, 3.8) is 0 Å². The van der Waals surface area contributed by atoms with Crippen LogP contribution in [-0.4, -0.2) is 32.3 Å². The fourth-order valence-electron chi connectivity index (χ4n) is 2.50. The lowest BCUT2D eigenvalue weighted by atomic mass is 10.1. The molecule has 0 fully saturated rings. The van der Waals surface area contributed by atoms with Gasteiger partial charge < -0.3 is 16.4 Å². The van der Waals surface area contributed by atoms with Crippen molar-refractivity contribution in [1.29, 1.82) is 0 Å². The van der Waals surface area contributed by atoms with Crippen molar-refractivity contribution >= 4 is 22.8 Å². The topological polar surface area (TPSA) is 93.7 Å². The summed E-state index contributed by atoms with van der Waals surface area (Å²) in [5.41, 5.74) is 8.09. The maximum Gasteiger partial charge on any atom is 0.226 e. The number of nitrogens with one attached hydrogen (secondary N) is 2. The summed E-state index contributed by atoms with van der Waals surface area (Å²) in [5.74, 6) is 1.32. The van der Waals surface area contributed by atoms with E-state index < -0.39 is 0 Å². The van der Waals surface area contributed by atoms with Gasteiger partial charge in [0, 0.05) is 25.7 Å². The van der Waals surface area contributed by atoms with Gasteiger partial charge in [0.25, 0.3) is 0 Å². The molecule has 0 saturated carbocycles. The molecule has 1 atom stereocenters. The molecule has 0 spiro atoms. The summed E-state index contributed by atoms with van der Waals surface area (Å²) >= 11 is 0. The van der Waals surface area contributed by atoms with Gasteiger partial charge in [0.2, 0.25) is 5.95 Å². The molecule has 4 N–H and O–H groups in total. The van der Waals surface area contributed by atoms with Crippen LogP contribution < -0.4 is 16.4 Å². The van der Waals surface area contributed by atoms with Gasteiger partial charge in [-0.25, -0.2) is 0 Å². The van der Waals surface area contributed by atoms with Crippen LogP contribution in [0.1, 0.15) is 25.5 Å². The molecule has 0 amide bonds. The number of aryl methyl sites for hydroxylation is 1. The second kappa shape index (κ2) is 6.84. The van der Waals surface area contributed by atoms with E-state index >= 15 is 0 Å². The fourth-order valence-corrected chi connectivity index (χ4v) is 2.50. The SMILES string of the molecule is CC(C)Nc1nc(NC[C@H](N)c2ccccc2)nc2c1cnn2C. The Bertz CT molecular complexity index is 810. The van der Waals surface area contributed by atoms with Crippen LogP contribution in [0.15, 0.2) is 36.5 Å². The maximum absolute atomic E-state index is 6.23. The van der Waals surface area contributed by atoms with Crippen molar-refractivity contribution in [1.82, 2.24) is 19.7 Å². The first-order valence-corrected chi connectivity index (χ1v) is 8.05. The fraction of sp³-hybridized carbons (Fsp3) is 0.353. The molecule has 2 heterocycles. The molecule has 1 aromatic carbocycles. The third-order valence-corrected chi connectivity index (χ3v) is 3.73. The Morgan fingerprint density at radius 3 is 2.62 bits per heavy atom. The van der Waals surface area contributed by atoms with E-state index in [1.165, 1.54) is 0 Å². The van der Waals surface area contributed by atoms with Gasteiger partial charge in [-0.3, -0.25) is 4.68 Å². The van der Waals surface area contributed by atoms with Crippen LogP contribution in [0.4, 0.5) is 11.8 Å². The predicted molar refractivity (Wildman–Crippen MR) is 96.9 cm³/mol. The van der Waals surface area contributed by atoms with E-state index in [0.717, 1.165) is 22.4 Å². The highest BCUT2D eigenvalue weighted by atomic mass is 15.3. The van der Waals surface area contributed by atoms with Crippen LogP contribution in [0.25, 0.3) is 11.0 Å². The molecular formula is C17H23N7. The minimum absolute atomic E-state index is 0.126. The smallest absolute Gasteiger partial charge is 0.226 e. The Balaban J connectivity index is 1.82. The molecule has 7 heteroatoms. The Labute approximate surface area is 141 Å². The van der Waals surface area contributed by atoms with E-state index in [2.05, 4.69) is 39.5 Å². The van der Waals surface area contributed by atoms with Gasteiger partial charge in [-0.15, -0.1) is 0 Å². The first kappa shape index (κ1) is 16.2. The average molecular weight is 325 g/mol. The molecule has 3 aromatic rings. The third-order valence-electron chi connectivity index (χ3n) is 3.73. The van der Waals surface area contributed by atoms with E-state index in [9.17, 15) is 0 Å². The van der Waals surface area contributed by atoms with Gasteiger partial charge in [0.05, 0.1) is 11.6 Å². The van der Waals surface area contributed by atoms with E-state index in [1.54, 1.807) is 10.9 Å². The van der Waals surface area contributed by atoms with Crippen molar-refractivity contribution in [2.24, 2.45) is 12.8 Å². The first-order chi connectivity index (χ1) is 11.5. The van der Waals surface area contributed by atoms with Crippen LogP contribution in [0, 0.1) is 0 Å². The summed E-state index contributed by atoms with van der Waals surface area (Å²) < 4.78 is 1.74. The lowest BCUT2D eigenvalue weighted by Crippen LogP contribution is -2.22. The van der Waals surface area contributed by atoms with Crippen molar-refractivity contribution in [3.8, 4) is 0 Å². The number of hydrogen-bond acceptors (Lipinski definition) is 6. The molecule has 7 nitrogen and oxygen atoms in total. The number of benzene rings is 1. The highest BCUT2D eigenvalue weighted by molar-refractivity contribution is 5.87. The van der Waals surface area contributed by atoms with Crippen LogP contribution >= 0.6 is 0 Å². The third kappa shape index (κ3) is 3.46. The molecule has 0 aliphatic heterocycles. The lowest BCUT2D eigenvalue weighted by Gasteiger charge is -2.15. The summed E-state index contributed by atoms with van der Waals surface area (Å²) in [6.45, 7) is 4.69. The number of rotatable bonds is 6. The van der Waals surface area contributed by atoms with Crippen LogP contribution in [0.2, 0.25) is 0 Å². The molecule has 2 aromatic heterocycles. The molecular weight excluding hydrogens is 302 g/mol. The minimum atomic E-state index is -0.126. The maximum atomic E-state index is 6.23. The normalized spacial score (nSPS) is 12.5. The number of hydrogen-bond donors (Lipinski definition) is 3. The summed E-state index contributed by atoms with van der Waals surface area (Å²) in [5, 5.41) is 11.8. The molecule has 0 aliphatic carbocycles. The Kier molecular flexibility index (Phi) is 4.61. The highest BCUT2D eigenvalue weighted by Crippen LogP contribution is 2.22. The minimum Gasteiger partial charge on any atom is -0.367 e. The molecule has 126 valence electrons. The zero-order chi connectivity index (χ0) is 17.1. The van der Waals surface area contributed by atoms with Gasteiger partial charge in [-0.2, -0.15) is 15.1 Å². The standard InChI is InChI=1S/C17H23N7/c1-11(2)21-15-13-9-20-24(3)16(13)23-17(22-15)19-10-14(18)12-7-5-4-6-8-12/h4-9,11,14H,10,18H2,1-3H3,(H2,19,21,22,23)/t14-/m0/s1. The number of aromatic nitrogens is 4. The van der Waals surface area contributed by atoms with Crippen molar-refractivity contribution in [3.05, 3.63) is 42.1 Å². The first-order valence-electron chi connectivity index (χ1n) is 8.05. The van der Waals surface area contributed by atoms with E-state index in [-0.39, 0.29) is 12.1 Å². The van der Waals surface area contributed by atoms with Gasteiger partial charge >= 0.3 is 0 Å². The zero-order valence-corrected chi connectivity index (χ0v) is 14.2. The summed E-state index contributed by atoms with van der Waals surface area (Å²) in [6.07, 6.45) is 1.78. The van der Waals surface area contributed by atoms with Crippen LogP contribution in [0.3, 0.4) is 0 Å². The monoisotopic (exact) mass is 325 g/mol. The largest absolute Gasteiger partial charge is 0.367 e. The molecule has 0 radical (unpaired) electrons. The molecule has 0 aliphatic rings. The zero-order valence-electron chi connectivity index (χ0n) is 14.2. The van der Waals surface area contributed by atoms with Crippen molar-refractivity contribution < 1.29 is 0 Å². The molecule has 0 saturated heterocycles. The van der Waals surface area contributed by atoms with Crippen molar-refractivity contribution in [2.75, 3.05) is 17.2 Å². The van der Waals surface area contributed by atoms with Gasteiger partial charge in [0.1, 0.15) is 5.82 Å². The quantitative estimate of drug-likeness (QED) is 0.644. The number of nitrogens with zero attached hydrogens (tertiary/aromatic N) is 4. The number of anilines is 2. The Morgan fingerprint density at radius 1 is 1.17 bits per heavy atom. The Hall–Kier alpha value is -2.67. The van der Waals surface area contributed by atoms with E-state index in [4.69, 9.17) is 5.73 Å². The summed E-state index contributed by atoms with van der Waals surface area (Å²) in [7, 11) is 1.87. The van der Waals surface area contributed by atoms with Crippen LogP contribution in [0.5, 0.6) is 0 Å². The summed E-state index contributed by atoms with van der Waals surface area (Å²) in [4.78, 5) is 9.13. The molecule has 0 bridgehead atoms. The molecule has 24 heavy (non-hydrogen) atoms. The molecule has 0 unspecified atom stereocenters. The van der Waals surface area contributed by atoms with Gasteiger partial charge in [-0.05, 0) is 19.4 Å². The average Bonchev–Trinajstić information content (AvgIpc) is 2.94. The highest BCUT2D eigenvalue weighted by Gasteiger charge is 2.13.